The third-order valence-corrected chi connectivity index (χ3v) is 2.53. The van der Waals surface area contributed by atoms with E-state index in [0.29, 0.717) is 13.0 Å². The number of nitrogens with zero attached hydrogens (tertiary/aromatic N) is 4. The lowest BCUT2D eigenvalue weighted by atomic mass is 10.3. The van der Waals surface area contributed by atoms with Crippen molar-refractivity contribution in [3.05, 3.63) is 11.4 Å². The summed E-state index contributed by atoms with van der Waals surface area (Å²) < 4.78 is 0. The first-order valence-corrected chi connectivity index (χ1v) is 5.01. The van der Waals surface area contributed by atoms with Crippen molar-refractivity contribution in [3.8, 4) is 6.07 Å². The van der Waals surface area contributed by atoms with Crippen LogP contribution < -0.4 is 0 Å². The van der Waals surface area contributed by atoms with Gasteiger partial charge in [0, 0.05) is 39.1 Å². The number of piperazine rings is 1. The van der Waals surface area contributed by atoms with Crippen LogP contribution in [0.25, 0.3) is 4.85 Å². The monoisotopic (exact) mass is 192 g/mol. The summed E-state index contributed by atoms with van der Waals surface area (Å²) in [6.07, 6.45) is 0.627. The van der Waals surface area contributed by atoms with Crippen LogP contribution in [-0.4, -0.2) is 55.6 Å². The second-order valence-electron chi connectivity index (χ2n) is 3.47. The molecule has 0 aromatic rings. The summed E-state index contributed by atoms with van der Waals surface area (Å²) in [5.74, 6) is 0. The predicted octanol–water partition coefficient (Wildman–Crippen LogP) is 0.437. The summed E-state index contributed by atoms with van der Waals surface area (Å²) in [4.78, 5) is 7.99. The number of hydrogen-bond acceptors (Lipinski definition) is 3. The molecular formula is C10H16N4. The lowest BCUT2D eigenvalue weighted by Gasteiger charge is -2.33. The normalized spacial score (nSPS) is 18.7. The van der Waals surface area contributed by atoms with E-state index < -0.39 is 0 Å². The molecular weight excluding hydrogens is 176 g/mol. The maximum absolute atomic E-state index is 8.44. The molecule has 0 N–H and O–H groups in total. The standard InChI is InChI=1S/C10H16N4/c1-12-4-6-14-9-7-13(8-10-14)5-2-3-11/h2,4-10H2. The van der Waals surface area contributed by atoms with E-state index in [2.05, 4.69) is 20.7 Å². The third kappa shape index (κ3) is 3.74. The molecule has 0 aromatic carbocycles. The van der Waals surface area contributed by atoms with Crippen LogP contribution in [0.15, 0.2) is 0 Å². The van der Waals surface area contributed by atoms with Gasteiger partial charge >= 0.3 is 0 Å². The first-order valence-electron chi connectivity index (χ1n) is 5.01. The Balaban J connectivity index is 2.12. The first-order chi connectivity index (χ1) is 6.86. The Morgan fingerprint density at radius 2 is 1.71 bits per heavy atom. The van der Waals surface area contributed by atoms with Gasteiger partial charge in [0.15, 0.2) is 0 Å². The Kier molecular flexibility index (Phi) is 4.99. The van der Waals surface area contributed by atoms with E-state index in [1.807, 2.05) is 0 Å². The second kappa shape index (κ2) is 6.37. The van der Waals surface area contributed by atoms with Crippen LogP contribution in [-0.2, 0) is 0 Å². The summed E-state index contributed by atoms with van der Waals surface area (Å²) in [6.45, 7) is 13.3. The summed E-state index contributed by atoms with van der Waals surface area (Å²) in [6, 6.07) is 2.17. The van der Waals surface area contributed by atoms with Crippen molar-refractivity contribution < 1.29 is 0 Å². The van der Waals surface area contributed by atoms with Crippen LogP contribution in [0, 0.1) is 17.9 Å². The highest BCUT2D eigenvalue weighted by Crippen LogP contribution is 2.01. The van der Waals surface area contributed by atoms with Gasteiger partial charge in [-0.3, -0.25) is 9.80 Å². The molecule has 0 amide bonds. The molecule has 0 saturated carbocycles. The van der Waals surface area contributed by atoms with E-state index >= 15 is 0 Å². The van der Waals surface area contributed by atoms with Gasteiger partial charge in [0.05, 0.1) is 12.6 Å². The van der Waals surface area contributed by atoms with Gasteiger partial charge in [-0.05, 0) is 0 Å². The molecule has 1 rings (SSSR count). The summed E-state index contributed by atoms with van der Waals surface area (Å²) in [7, 11) is 0. The van der Waals surface area contributed by atoms with E-state index in [0.717, 1.165) is 39.3 Å². The molecule has 0 bridgehead atoms. The quantitative estimate of drug-likeness (QED) is 0.606. The highest BCUT2D eigenvalue weighted by molar-refractivity contribution is 4.77. The van der Waals surface area contributed by atoms with E-state index in [1.54, 1.807) is 0 Å². The lowest BCUT2D eigenvalue weighted by Crippen LogP contribution is -2.47. The van der Waals surface area contributed by atoms with Crippen LogP contribution in [0.1, 0.15) is 6.42 Å². The molecule has 76 valence electrons. The van der Waals surface area contributed by atoms with Gasteiger partial charge in [-0.15, -0.1) is 0 Å². The van der Waals surface area contributed by atoms with E-state index in [9.17, 15) is 0 Å². The molecule has 0 aliphatic carbocycles. The van der Waals surface area contributed by atoms with Gasteiger partial charge in [0.2, 0.25) is 6.54 Å². The molecule has 1 aliphatic heterocycles. The molecule has 0 radical (unpaired) electrons. The highest BCUT2D eigenvalue weighted by Gasteiger charge is 2.16. The third-order valence-electron chi connectivity index (χ3n) is 2.53. The summed E-state index contributed by atoms with van der Waals surface area (Å²) in [5.41, 5.74) is 0. The lowest BCUT2D eigenvalue weighted by molar-refractivity contribution is 0.139. The minimum atomic E-state index is 0.609. The van der Waals surface area contributed by atoms with E-state index in [1.165, 1.54) is 0 Å². The SMILES string of the molecule is [C-]#[N+]CCN1CCN(CCC#N)CC1. The summed E-state index contributed by atoms with van der Waals surface area (Å²) in [5, 5.41) is 8.44. The Bertz CT molecular complexity index is 203. The molecule has 14 heavy (non-hydrogen) atoms. The summed E-state index contributed by atoms with van der Waals surface area (Å²) >= 11 is 0. The molecule has 1 fully saturated rings. The molecule has 0 spiro atoms. The van der Waals surface area contributed by atoms with Crippen molar-refractivity contribution in [1.82, 2.24) is 9.80 Å². The fraction of sp³-hybridized carbons (Fsp3) is 0.800. The largest absolute Gasteiger partial charge is 0.316 e. The Hall–Kier alpha value is -1.10. The topological polar surface area (TPSA) is 34.6 Å². The maximum Gasteiger partial charge on any atom is 0.227 e. The van der Waals surface area contributed by atoms with Gasteiger partial charge in [-0.1, -0.05) is 0 Å². The maximum atomic E-state index is 8.44. The molecule has 1 aliphatic rings. The van der Waals surface area contributed by atoms with Gasteiger partial charge in [-0.25, -0.2) is 6.57 Å². The van der Waals surface area contributed by atoms with Crippen molar-refractivity contribution in [1.29, 1.82) is 5.26 Å². The Morgan fingerprint density at radius 1 is 1.14 bits per heavy atom. The van der Waals surface area contributed by atoms with Crippen LogP contribution in [0.5, 0.6) is 0 Å². The van der Waals surface area contributed by atoms with Gasteiger partial charge in [0.25, 0.3) is 0 Å². The fourth-order valence-electron chi connectivity index (χ4n) is 1.64. The van der Waals surface area contributed by atoms with Crippen molar-refractivity contribution in [2.24, 2.45) is 0 Å². The molecule has 4 nitrogen and oxygen atoms in total. The minimum absolute atomic E-state index is 0.609. The smallest absolute Gasteiger partial charge is 0.227 e. The molecule has 0 atom stereocenters. The van der Waals surface area contributed by atoms with Crippen LogP contribution >= 0.6 is 0 Å². The molecule has 0 unspecified atom stereocenters. The predicted molar refractivity (Wildman–Crippen MR) is 54.6 cm³/mol. The molecule has 0 aromatic heterocycles. The number of hydrogen-bond donors (Lipinski definition) is 0. The van der Waals surface area contributed by atoms with E-state index in [4.69, 9.17) is 11.8 Å². The highest BCUT2D eigenvalue weighted by atomic mass is 15.3. The van der Waals surface area contributed by atoms with Gasteiger partial charge in [-0.2, -0.15) is 5.26 Å². The average Bonchev–Trinajstić information content (AvgIpc) is 2.25. The second-order valence-corrected chi connectivity index (χ2v) is 3.47. The zero-order valence-corrected chi connectivity index (χ0v) is 8.45. The minimum Gasteiger partial charge on any atom is -0.316 e. The van der Waals surface area contributed by atoms with Crippen molar-refractivity contribution >= 4 is 0 Å². The Morgan fingerprint density at radius 3 is 2.21 bits per heavy atom. The zero-order valence-electron chi connectivity index (χ0n) is 8.45. The van der Waals surface area contributed by atoms with Crippen LogP contribution in [0.2, 0.25) is 0 Å². The molecule has 1 saturated heterocycles. The number of nitriles is 1. The van der Waals surface area contributed by atoms with E-state index in [-0.39, 0.29) is 0 Å². The average molecular weight is 192 g/mol. The molecule has 4 heteroatoms. The van der Waals surface area contributed by atoms with Crippen molar-refractivity contribution in [2.45, 2.75) is 6.42 Å². The fourth-order valence-corrected chi connectivity index (χ4v) is 1.64. The molecule has 1 heterocycles. The van der Waals surface area contributed by atoms with Gasteiger partial charge in [0.1, 0.15) is 0 Å². The zero-order chi connectivity index (χ0) is 10.2. The van der Waals surface area contributed by atoms with Crippen LogP contribution in [0.3, 0.4) is 0 Å². The van der Waals surface area contributed by atoms with Gasteiger partial charge < -0.3 is 4.85 Å². The van der Waals surface area contributed by atoms with Crippen molar-refractivity contribution in [2.75, 3.05) is 45.8 Å². The Labute approximate surface area is 85.5 Å². The van der Waals surface area contributed by atoms with Crippen molar-refractivity contribution in [3.63, 3.8) is 0 Å². The number of rotatable bonds is 4. The first kappa shape index (κ1) is 11.0. The van der Waals surface area contributed by atoms with Crippen LogP contribution in [0.4, 0.5) is 0 Å².